The van der Waals surface area contributed by atoms with Gasteiger partial charge in [0.25, 0.3) is 0 Å². The Labute approximate surface area is 76.6 Å². The van der Waals surface area contributed by atoms with E-state index in [1.807, 2.05) is 6.07 Å². The first-order valence-corrected chi connectivity index (χ1v) is 4.29. The highest BCUT2D eigenvalue weighted by molar-refractivity contribution is 5.16. The molecule has 13 heavy (non-hydrogen) atoms. The van der Waals surface area contributed by atoms with E-state index in [0.717, 1.165) is 5.56 Å². The largest absolute Gasteiger partial charge is 0.368 e. The van der Waals surface area contributed by atoms with Crippen LogP contribution in [0.15, 0.2) is 24.3 Å². The van der Waals surface area contributed by atoms with Crippen LogP contribution in [0.1, 0.15) is 18.4 Å². The number of hydrogen-bond donors (Lipinski definition) is 2. The molecule has 0 saturated heterocycles. The molecule has 0 fully saturated rings. The summed E-state index contributed by atoms with van der Waals surface area (Å²) in [5.41, 5.74) is 0.889. The summed E-state index contributed by atoms with van der Waals surface area (Å²) in [7, 11) is 0. The molecule has 1 rings (SSSR count). The number of aliphatic hydroxyl groups is 2. The first kappa shape index (κ1) is 10.2. The number of benzene rings is 1. The van der Waals surface area contributed by atoms with Gasteiger partial charge in [0, 0.05) is 0 Å². The van der Waals surface area contributed by atoms with Crippen LogP contribution in [0.5, 0.6) is 0 Å². The molecule has 72 valence electrons. The maximum absolute atomic E-state index is 12.7. The molecule has 0 heterocycles. The third-order valence-electron chi connectivity index (χ3n) is 1.82. The van der Waals surface area contributed by atoms with Crippen LogP contribution in [0.25, 0.3) is 0 Å². The molecular formula is C10H13FO2. The van der Waals surface area contributed by atoms with Crippen molar-refractivity contribution in [1.29, 1.82) is 0 Å². The van der Waals surface area contributed by atoms with Gasteiger partial charge in [0.05, 0.1) is 0 Å². The quantitative estimate of drug-likeness (QED) is 0.695. The fourth-order valence-corrected chi connectivity index (χ4v) is 1.18. The Morgan fingerprint density at radius 3 is 2.69 bits per heavy atom. The maximum atomic E-state index is 12.7. The van der Waals surface area contributed by atoms with E-state index >= 15 is 0 Å². The van der Waals surface area contributed by atoms with E-state index in [2.05, 4.69) is 0 Å². The van der Waals surface area contributed by atoms with Gasteiger partial charge in [-0.3, -0.25) is 0 Å². The lowest BCUT2D eigenvalue weighted by molar-refractivity contribution is -0.0461. The van der Waals surface area contributed by atoms with Crippen LogP contribution >= 0.6 is 0 Å². The van der Waals surface area contributed by atoms with Gasteiger partial charge in [-0.25, -0.2) is 4.39 Å². The lowest BCUT2D eigenvalue weighted by atomic mass is 10.1. The molecule has 0 bridgehead atoms. The zero-order valence-electron chi connectivity index (χ0n) is 7.28. The Morgan fingerprint density at radius 1 is 1.31 bits per heavy atom. The van der Waals surface area contributed by atoms with Gasteiger partial charge in [-0.15, -0.1) is 0 Å². The van der Waals surface area contributed by atoms with E-state index in [9.17, 15) is 4.39 Å². The summed E-state index contributed by atoms with van der Waals surface area (Å²) in [5, 5.41) is 17.1. The van der Waals surface area contributed by atoms with Gasteiger partial charge in [0.1, 0.15) is 5.82 Å². The molecule has 0 amide bonds. The summed E-state index contributed by atoms with van der Waals surface area (Å²) in [6.45, 7) is 0. The molecule has 0 spiro atoms. The van der Waals surface area contributed by atoms with E-state index < -0.39 is 6.29 Å². The minimum atomic E-state index is -1.26. The summed E-state index contributed by atoms with van der Waals surface area (Å²) in [6, 6.07) is 6.33. The highest BCUT2D eigenvalue weighted by Gasteiger charge is 1.99. The summed E-state index contributed by atoms with van der Waals surface area (Å²) >= 11 is 0. The van der Waals surface area contributed by atoms with E-state index in [4.69, 9.17) is 10.2 Å². The maximum Gasteiger partial charge on any atom is 0.151 e. The van der Waals surface area contributed by atoms with Crippen LogP contribution in [0.2, 0.25) is 0 Å². The molecule has 0 aromatic heterocycles. The summed E-state index contributed by atoms with van der Waals surface area (Å²) in [6.07, 6.45) is 0.404. The van der Waals surface area contributed by atoms with Crippen molar-refractivity contribution in [2.24, 2.45) is 0 Å². The van der Waals surface area contributed by atoms with Crippen molar-refractivity contribution in [3.05, 3.63) is 35.6 Å². The van der Waals surface area contributed by atoms with Gasteiger partial charge in [-0.2, -0.15) is 0 Å². The van der Waals surface area contributed by atoms with Gasteiger partial charge in [0.15, 0.2) is 6.29 Å². The zero-order valence-corrected chi connectivity index (χ0v) is 7.28. The zero-order chi connectivity index (χ0) is 9.68. The second-order valence-corrected chi connectivity index (χ2v) is 3.00. The van der Waals surface area contributed by atoms with Gasteiger partial charge in [0.2, 0.25) is 0 Å². The molecule has 0 aliphatic rings. The predicted octanol–water partition coefficient (Wildman–Crippen LogP) is 1.46. The van der Waals surface area contributed by atoms with Crippen molar-refractivity contribution in [3.63, 3.8) is 0 Å². The summed E-state index contributed by atoms with van der Waals surface area (Å²) in [4.78, 5) is 0. The fraction of sp³-hybridized carbons (Fsp3) is 0.400. The van der Waals surface area contributed by atoms with Crippen LogP contribution in [0.3, 0.4) is 0 Å². The molecule has 0 unspecified atom stereocenters. The van der Waals surface area contributed by atoms with Crippen LogP contribution in [0, 0.1) is 5.82 Å². The van der Waals surface area contributed by atoms with Crippen molar-refractivity contribution in [2.75, 3.05) is 0 Å². The van der Waals surface area contributed by atoms with E-state index in [0.29, 0.717) is 19.3 Å². The molecule has 1 aromatic rings. The Morgan fingerprint density at radius 2 is 2.08 bits per heavy atom. The van der Waals surface area contributed by atoms with E-state index in [-0.39, 0.29) is 5.82 Å². The van der Waals surface area contributed by atoms with Gasteiger partial charge in [-0.05, 0) is 37.0 Å². The fourth-order valence-electron chi connectivity index (χ4n) is 1.18. The number of hydrogen-bond acceptors (Lipinski definition) is 2. The van der Waals surface area contributed by atoms with Crippen LogP contribution in [0.4, 0.5) is 4.39 Å². The number of rotatable bonds is 4. The lowest BCUT2D eigenvalue weighted by Gasteiger charge is -2.03. The second kappa shape index (κ2) is 4.94. The van der Waals surface area contributed by atoms with Crippen molar-refractivity contribution in [3.8, 4) is 0 Å². The average molecular weight is 184 g/mol. The predicted molar refractivity (Wildman–Crippen MR) is 47.6 cm³/mol. The lowest BCUT2D eigenvalue weighted by Crippen LogP contribution is -2.04. The molecule has 3 heteroatoms. The highest BCUT2D eigenvalue weighted by atomic mass is 19.1. The minimum Gasteiger partial charge on any atom is -0.368 e. The average Bonchev–Trinajstić information content (AvgIpc) is 2.03. The Bertz CT molecular complexity index is 261. The molecule has 0 aliphatic heterocycles. The number of aryl methyl sites for hydroxylation is 1. The number of halogens is 1. The molecule has 2 nitrogen and oxygen atoms in total. The normalized spacial score (nSPS) is 10.8. The molecule has 0 aliphatic carbocycles. The first-order chi connectivity index (χ1) is 6.18. The summed E-state index contributed by atoms with van der Waals surface area (Å²) in [5.74, 6) is -0.248. The molecule has 0 radical (unpaired) electrons. The number of aliphatic hydroxyl groups excluding tert-OH is 1. The Balaban J connectivity index is 2.37. The van der Waals surface area contributed by atoms with Crippen LogP contribution < -0.4 is 0 Å². The molecule has 0 atom stereocenters. The van der Waals surface area contributed by atoms with Crippen LogP contribution in [-0.4, -0.2) is 16.5 Å². The van der Waals surface area contributed by atoms with Crippen molar-refractivity contribution >= 4 is 0 Å². The smallest absolute Gasteiger partial charge is 0.151 e. The minimum absolute atomic E-state index is 0.248. The van der Waals surface area contributed by atoms with Gasteiger partial charge < -0.3 is 10.2 Å². The third kappa shape index (κ3) is 4.01. The standard InChI is InChI=1S/C10H13FO2/c11-9-5-1-3-8(7-9)4-2-6-10(12)13/h1,3,5,7,10,12-13H,2,4,6H2. The highest BCUT2D eigenvalue weighted by Crippen LogP contribution is 2.07. The molecule has 0 saturated carbocycles. The Hall–Kier alpha value is -0.930. The second-order valence-electron chi connectivity index (χ2n) is 3.00. The van der Waals surface area contributed by atoms with Crippen molar-refractivity contribution < 1.29 is 14.6 Å². The van der Waals surface area contributed by atoms with Crippen molar-refractivity contribution in [1.82, 2.24) is 0 Å². The van der Waals surface area contributed by atoms with E-state index in [1.54, 1.807) is 6.07 Å². The molecular weight excluding hydrogens is 171 g/mol. The molecule has 2 N–H and O–H groups in total. The topological polar surface area (TPSA) is 40.5 Å². The van der Waals surface area contributed by atoms with Crippen LogP contribution in [-0.2, 0) is 6.42 Å². The first-order valence-electron chi connectivity index (χ1n) is 4.29. The van der Waals surface area contributed by atoms with E-state index in [1.165, 1.54) is 12.1 Å². The third-order valence-corrected chi connectivity index (χ3v) is 1.82. The monoisotopic (exact) mass is 184 g/mol. The van der Waals surface area contributed by atoms with Crippen molar-refractivity contribution in [2.45, 2.75) is 25.6 Å². The Kier molecular flexibility index (Phi) is 3.86. The van der Waals surface area contributed by atoms with Gasteiger partial charge in [-0.1, -0.05) is 12.1 Å². The van der Waals surface area contributed by atoms with Gasteiger partial charge >= 0.3 is 0 Å². The SMILES string of the molecule is OC(O)CCCc1cccc(F)c1. The molecule has 1 aromatic carbocycles. The summed E-state index contributed by atoms with van der Waals surface area (Å²) < 4.78 is 12.7.